The van der Waals surface area contributed by atoms with E-state index < -0.39 is 5.97 Å². The van der Waals surface area contributed by atoms with Crippen molar-refractivity contribution in [2.24, 2.45) is 0 Å². The van der Waals surface area contributed by atoms with E-state index in [9.17, 15) is 4.79 Å². The molecule has 0 amide bonds. The second-order valence-electron chi connectivity index (χ2n) is 2.98. The molecule has 0 aromatic heterocycles. The van der Waals surface area contributed by atoms with Gasteiger partial charge < -0.3 is 5.11 Å². The minimum absolute atomic E-state index is 0.237. The Morgan fingerprint density at radius 2 is 2.17 bits per heavy atom. The first-order chi connectivity index (χ1) is 5.61. The summed E-state index contributed by atoms with van der Waals surface area (Å²) in [6.07, 6.45) is 0. The highest BCUT2D eigenvalue weighted by molar-refractivity contribution is 5.87. The predicted octanol–water partition coefficient (Wildman–Crippen LogP) is 2.31. The topological polar surface area (TPSA) is 37.3 Å². The summed E-state index contributed by atoms with van der Waals surface area (Å²) in [7, 11) is 0. The van der Waals surface area contributed by atoms with Crippen molar-refractivity contribution in [1.82, 2.24) is 0 Å². The van der Waals surface area contributed by atoms with Crippen LogP contribution in [0.15, 0.2) is 18.2 Å². The molecule has 0 aliphatic heterocycles. The van der Waals surface area contributed by atoms with Gasteiger partial charge in [-0.3, -0.25) is 0 Å². The number of aromatic carboxylic acids is 1. The molecular weight excluding hydrogens is 152 g/mol. The first-order valence-corrected chi connectivity index (χ1v) is 3.87. The monoisotopic (exact) mass is 163 g/mol. The Kier molecular flexibility index (Phi) is 2.48. The summed E-state index contributed by atoms with van der Waals surface area (Å²) in [4.78, 5) is 10.5. The Morgan fingerprint density at radius 1 is 1.50 bits per heavy atom. The average molecular weight is 163 g/mol. The molecule has 1 rings (SSSR count). The number of benzene rings is 1. The second-order valence-corrected chi connectivity index (χ2v) is 2.98. The van der Waals surface area contributed by atoms with E-state index in [0.717, 1.165) is 5.56 Å². The Balaban J connectivity index is 3.04. The van der Waals surface area contributed by atoms with Gasteiger partial charge >= 0.3 is 5.97 Å². The molecule has 63 valence electrons. The highest BCUT2D eigenvalue weighted by Crippen LogP contribution is 2.14. The lowest BCUT2D eigenvalue weighted by Gasteiger charge is -2.04. The summed E-state index contributed by atoms with van der Waals surface area (Å²) < 4.78 is 0. The van der Waals surface area contributed by atoms with Crippen LogP contribution in [0.2, 0.25) is 0 Å². The smallest absolute Gasteiger partial charge is 0.336 e. The van der Waals surface area contributed by atoms with Gasteiger partial charge in [-0.05, 0) is 17.5 Å². The van der Waals surface area contributed by atoms with E-state index in [1.54, 1.807) is 12.1 Å². The zero-order valence-electron chi connectivity index (χ0n) is 7.16. The molecule has 0 bridgehead atoms. The minimum atomic E-state index is -0.919. The molecule has 0 fully saturated rings. The molecule has 0 saturated carbocycles. The maximum absolute atomic E-state index is 10.5. The molecule has 12 heavy (non-hydrogen) atoms. The quantitative estimate of drug-likeness (QED) is 0.726. The van der Waals surface area contributed by atoms with Gasteiger partial charge in [0.25, 0.3) is 0 Å². The van der Waals surface area contributed by atoms with Crippen molar-refractivity contribution in [2.75, 3.05) is 0 Å². The molecule has 1 N–H and O–H groups in total. The van der Waals surface area contributed by atoms with Crippen molar-refractivity contribution in [2.45, 2.75) is 19.8 Å². The van der Waals surface area contributed by atoms with Crippen molar-refractivity contribution in [3.05, 3.63) is 35.4 Å². The Bertz CT molecular complexity index is 290. The van der Waals surface area contributed by atoms with Gasteiger partial charge in [-0.1, -0.05) is 26.0 Å². The summed E-state index contributed by atoms with van der Waals surface area (Å²) in [5.41, 5.74) is 1.18. The first-order valence-electron chi connectivity index (χ1n) is 3.87. The second kappa shape index (κ2) is 3.39. The zero-order chi connectivity index (χ0) is 9.14. The highest BCUT2D eigenvalue weighted by Gasteiger charge is 2.05. The molecule has 2 nitrogen and oxygen atoms in total. The fraction of sp³-hybridized carbons (Fsp3) is 0.300. The Labute approximate surface area is 71.8 Å². The van der Waals surface area contributed by atoms with Gasteiger partial charge in [0.2, 0.25) is 0 Å². The van der Waals surface area contributed by atoms with Gasteiger partial charge in [0.05, 0.1) is 5.56 Å². The molecule has 0 aliphatic rings. The molecule has 1 radical (unpaired) electrons. The SMILES string of the molecule is CC(C)c1[c]c(C(=O)O)ccc1. The molecule has 0 aliphatic carbocycles. The van der Waals surface area contributed by atoms with Crippen LogP contribution < -0.4 is 0 Å². The van der Waals surface area contributed by atoms with Crippen LogP contribution >= 0.6 is 0 Å². The van der Waals surface area contributed by atoms with E-state index in [1.807, 2.05) is 19.9 Å². The molecule has 0 unspecified atom stereocenters. The molecule has 1 aromatic carbocycles. The lowest BCUT2D eigenvalue weighted by atomic mass is 10.0. The van der Waals surface area contributed by atoms with Crippen LogP contribution in [0.3, 0.4) is 0 Å². The van der Waals surface area contributed by atoms with Gasteiger partial charge in [0, 0.05) is 6.07 Å². The van der Waals surface area contributed by atoms with Gasteiger partial charge in [-0.2, -0.15) is 0 Å². The van der Waals surface area contributed by atoms with Gasteiger partial charge in [0.1, 0.15) is 0 Å². The van der Waals surface area contributed by atoms with E-state index >= 15 is 0 Å². The molecule has 0 spiro atoms. The molecular formula is C10H11O2. The standard InChI is InChI=1S/C10H11O2/c1-7(2)8-4-3-5-9(6-8)10(11)12/h3-5,7H,1-2H3,(H,11,12). The third-order valence-electron chi connectivity index (χ3n) is 1.67. The van der Waals surface area contributed by atoms with E-state index in [2.05, 4.69) is 6.07 Å². The van der Waals surface area contributed by atoms with Crippen molar-refractivity contribution in [3.8, 4) is 0 Å². The third kappa shape index (κ3) is 1.84. The van der Waals surface area contributed by atoms with E-state index in [1.165, 1.54) is 0 Å². The van der Waals surface area contributed by atoms with Crippen LogP contribution in [0.1, 0.15) is 35.7 Å². The Hall–Kier alpha value is -1.31. The number of carboxylic acid groups (broad SMARTS) is 1. The lowest BCUT2D eigenvalue weighted by Crippen LogP contribution is -1.98. The Morgan fingerprint density at radius 3 is 2.67 bits per heavy atom. The molecule has 1 aromatic rings. The number of carboxylic acids is 1. The first kappa shape index (κ1) is 8.78. The molecule has 0 heterocycles. The predicted molar refractivity (Wildman–Crippen MR) is 46.3 cm³/mol. The number of carbonyl (C=O) groups is 1. The van der Waals surface area contributed by atoms with Gasteiger partial charge in [-0.15, -0.1) is 0 Å². The van der Waals surface area contributed by atoms with Crippen LogP contribution in [0, 0.1) is 6.07 Å². The summed E-state index contributed by atoms with van der Waals surface area (Å²) >= 11 is 0. The van der Waals surface area contributed by atoms with Crippen molar-refractivity contribution < 1.29 is 9.90 Å². The van der Waals surface area contributed by atoms with E-state index in [-0.39, 0.29) is 5.56 Å². The van der Waals surface area contributed by atoms with Gasteiger partial charge in [0.15, 0.2) is 0 Å². The fourth-order valence-electron chi connectivity index (χ4n) is 0.948. The average Bonchev–Trinajstić information content (AvgIpc) is 2.04. The zero-order valence-corrected chi connectivity index (χ0v) is 7.16. The molecule has 2 heteroatoms. The van der Waals surface area contributed by atoms with Crippen molar-refractivity contribution in [1.29, 1.82) is 0 Å². The fourth-order valence-corrected chi connectivity index (χ4v) is 0.948. The van der Waals surface area contributed by atoms with Crippen molar-refractivity contribution in [3.63, 3.8) is 0 Å². The van der Waals surface area contributed by atoms with Crippen molar-refractivity contribution >= 4 is 5.97 Å². The van der Waals surface area contributed by atoms with E-state index in [0.29, 0.717) is 5.92 Å². The third-order valence-corrected chi connectivity index (χ3v) is 1.67. The maximum atomic E-state index is 10.5. The van der Waals surface area contributed by atoms with Crippen LogP contribution in [-0.4, -0.2) is 11.1 Å². The maximum Gasteiger partial charge on any atom is 0.336 e. The number of hydrogen-bond acceptors (Lipinski definition) is 1. The van der Waals surface area contributed by atoms with E-state index in [4.69, 9.17) is 5.11 Å². The highest BCUT2D eigenvalue weighted by atomic mass is 16.4. The summed E-state index contributed by atoms with van der Waals surface area (Å²) in [5, 5.41) is 8.66. The summed E-state index contributed by atoms with van der Waals surface area (Å²) in [5.74, 6) is -0.596. The number of rotatable bonds is 2. The lowest BCUT2D eigenvalue weighted by molar-refractivity contribution is 0.0696. The normalized spacial score (nSPS) is 10.2. The largest absolute Gasteiger partial charge is 0.478 e. The molecule has 0 saturated heterocycles. The summed E-state index contributed by atoms with van der Waals surface area (Å²) in [6.45, 7) is 4.02. The summed E-state index contributed by atoms with van der Waals surface area (Å²) in [6, 6.07) is 8.02. The van der Waals surface area contributed by atoms with Crippen LogP contribution in [-0.2, 0) is 0 Å². The molecule has 0 atom stereocenters. The number of hydrogen-bond donors (Lipinski definition) is 1. The van der Waals surface area contributed by atoms with Crippen LogP contribution in [0.4, 0.5) is 0 Å². The minimum Gasteiger partial charge on any atom is -0.478 e. The van der Waals surface area contributed by atoms with Gasteiger partial charge in [-0.25, -0.2) is 4.79 Å². The van der Waals surface area contributed by atoms with Crippen LogP contribution in [0.25, 0.3) is 0 Å². The van der Waals surface area contributed by atoms with Crippen LogP contribution in [0.5, 0.6) is 0 Å².